The van der Waals surface area contributed by atoms with Crippen LogP contribution in [-0.2, 0) is 12.4 Å². The molecule has 0 saturated carbocycles. The fourth-order valence-electron chi connectivity index (χ4n) is 2.41. The Kier molecular flexibility index (Phi) is 4.15. The predicted molar refractivity (Wildman–Crippen MR) is 82.2 cm³/mol. The van der Waals surface area contributed by atoms with Gasteiger partial charge in [-0.2, -0.15) is 26.3 Å². The maximum atomic E-state index is 13.0. The molecule has 0 fully saturated rings. The molecule has 0 saturated heterocycles. The Morgan fingerprint density at radius 1 is 0.720 bits per heavy atom. The Bertz CT molecular complexity index is 914. The van der Waals surface area contributed by atoms with Crippen molar-refractivity contribution in [2.24, 2.45) is 0 Å². The van der Waals surface area contributed by atoms with E-state index < -0.39 is 23.5 Å². The van der Waals surface area contributed by atoms with E-state index in [1.54, 1.807) is 0 Å². The van der Waals surface area contributed by atoms with Gasteiger partial charge in [-0.05, 0) is 47.5 Å². The van der Waals surface area contributed by atoms with Crippen molar-refractivity contribution < 1.29 is 26.3 Å². The number of pyridine rings is 1. The molecule has 3 rings (SSSR count). The normalized spacial score (nSPS) is 12.6. The summed E-state index contributed by atoms with van der Waals surface area (Å²) in [4.78, 5) is 4.05. The zero-order valence-electron chi connectivity index (χ0n) is 12.2. The highest BCUT2D eigenvalue weighted by atomic mass is 35.5. The van der Waals surface area contributed by atoms with Gasteiger partial charge in [0.25, 0.3) is 0 Å². The zero-order chi connectivity index (χ0) is 18.4. The first kappa shape index (κ1) is 17.5. The topological polar surface area (TPSA) is 12.9 Å². The van der Waals surface area contributed by atoms with E-state index in [9.17, 15) is 26.3 Å². The molecule has 0 radical (unpaired) electrons. The van der Waals surface area contributed by atoms with Gasteiger partial charge in [0.1, 0.15) is 0 Å². The quantitative estimate of drug-likeness (QED) is 0.437. The molecular weight excluding hydrogens is 368 g/mol. The van der Waals surface area contributed by atoms with E-state index >= 15 is 0 Å². The third kappa shape index (κ3) is 3.56. The van der Waals surface area contributed by atoms with Gasteiger partial charge in [-0.25, -0.2) is 0 Å². The Balaban J connectivity index is 2.24. The summed E-state index contributed by atoms with van der Waals surface area (Å²) in [5.74, 6) is 0. The molecule has 8 heteroatoms. The van der Waals surface area contributed by atoms with Gasteiger partial charge in [0.2, 0.25) is 0 Å². The van der Waals surface area contributed by atoms with Gasteiger partial charge < -0.3 is 0 Å². The number of benzene rings is 2. The molecule has 2 aromatic carbocycles. The average molecular weight is 376 g/mol. The lowest BCUT2D eigenvalue weighted by Crippen LogP contribution is -2.11. The lowest BCUT2D eigenvalue weighted by atomic mass is 9.98. The molecule has 0 bridgehead atoms. The maximum absolute atomic E-state index is 13.0. The molecule has 0 spiro atoms. The summed E-state index contributed by atoms with van der Waals surface area (Å²) in [6, 6.07) is 7.26. The average Bonchev–Trinajstić information content (AvgIpc) is 2.53. The zero-order valence-corrected chi connectivity index (χ0v) is 13.0. The fourth-order valence-corrected chi connectivity index (χ4v) is 2.62. The highest BCUT2D eigenvalue weighted by Gasteiger charge is 2.37. The monoisotopic (exact) mass is 375 g/mol. The van der Waals surface area contributed by atoms with Crippen molar-refractivity contribution in [3.63, 3.8) is 0 Å². The number of rotatable bonds is 1. The van der Waals surface area contributed by atoms with Crippen LogP contribution in [0.5, 0.6) is 0 Å². The van der Waals surface area contributed by atoms with Crippen molar-refractivity contribution in [1.82, 2.24) is 4.98 Å². The number of hydrogen-bond donors (Lipinski definition) is 0. The number of nitrogens with zero attached hydrogens (tertiary/aromatic N) is 1. The standard InChI is InChI=1S/C17H8ClF6N/c18-14-3-4-25-15-2-1-9(7-13(14)15)10-5-11(16(19,20)21)8-12(6-10)17(22,23)24/h1-8H. The molecule has 0 aliphatic heterocycles. The lowest BCUT2D eigenvalue weighted by molar-refractivity contribution is -0.143. The minimum absolute atomic E-state index is 0.0963. The third-order valence-corrected chi connectivity index (χ3v) is 3.94. The molecule has 1 nitrogen and oxygen atoms in total. The second-order valence-electron chi connectivity index (χ2n) is 5.32. The van der Waals surface area contributed by atoms with Gasteiger partial charge in [-0.1, -0.05) is 17.7 Å². The van der Waals surface area contributed by atoms with Gasteiger partial charge >= 0.3 is 12.4 Å². The molecule has 1 aromatic heterocycles. The molecule has 0 aliphatic rings. The molecule has 0 unspecified atom stereocenters. The summed E-state index contributed by atoms with van der Waals surface area (Å²) >= 11 is 6.02. The second kappa shape index (κ2) is 5.91. The van der Waals surface area contributed by atoms with Crippen molar-refractivity contribution in [2.75, 3.05) is 0 Å². The smallest absolute Gasteiger partial charge is 0.256 e. The largest absolute Gasteiger partial charge is 0.416 e. The molecule has 25 heavy (non-hydrogen) atoms. The molecule has 0 N–H and O–H groups in total. The highest BCUT2D eigenvalue weighted by molar-refractivity contribution is 6.35. The summed E-state index contributed by atoms with van der Waals surface area (Å²) < 4.78 is 77.8. The van der Waals surface area contributed by atoms with E-state index in [0.717, 1.165) is 0 Å². The molecule has 3 aromatic rings. The Labute approximate surface area is 142 Å². The van der Waals surface area contributed by atoms with Crippen LogP contribution in [0.2, 0.25) is 5.02 Å². The molecule has 130 valence electrons. The molecule has 0 atom stereocenters. The Morgan fingerprint density at radius 3 is 1.88 bits per heavy atom. The van der Waals surface area contributed by atoms with Crippen LogP contribution in [0.25, 0.3) is 22.0 Å². The van der Waals surface area contributed by atoms with Crippen molar-refractivity contribution in [2.45, 2.75) is 12.4 Å². The van der Waals surface area contributed by atoms with Gasteiger partial charge in [-0.15, -0.1) is 0 Å². The molecule has 1 heterocycles. The molecule has 0 aliphatic carbocycles. The van der Waals surface area contributed by atoms with E-state index in [1.165, 1.54) is 30.5 Å². The van der Waals surface area contributed by atoms with Crippen molar-refractivity contribution in [1.29, 1.82) is 0 Å². The summed E-state index contributed by atoms with van der Waals surface area (Å²) in [6.45, 7) is 0. The Hall–Kier alpha value is -2.28. The molecule has 0 amide bonds. The van der Waals surface area contributed by atoms with Crippen LogP contribution in [0.1, 0.15) is 11.1 Å². The van der Waals surface area contributed by atoms with Crippen molar-refractivity contribution in [3.05, 3.63) is 64.8 Å². The van der Waals surface area contributed by atoms with E-state index in [2.05, 4.69) is 4.98 Å². The van der Waals surface area contributed by atoms with E-state index in [1.807, 2.05) is 0 Å². The minimum atomic E-state index is -4.90. The number of fused-ring (bicyclic) bond motifs is 1. The number of alkyl halides is 6. The predicted octanol–water partition coefficient (Wildman–Crippen LogP) is 6.59. The van der Waals surface area contributed by atoms with Crippen molar-refractivity contribution in [3.8, 4) is 11.1 Å². The summed E-state index contributed by atoms with van der Waals surface area (Å²) in [5.41, 5.74) is -2.27. The van der Waals surface area contributed by atoms with Crippen LogP contribution in [0, 0.1) is 0 Å². The second-order valence-corrected chi connectivity index (χ2v) is 5.73. The van der Waals surface area contributed by atoms with Crippen LogP contribution < -0.4 is 0 Å². The number of hydrogen-bond acceptors (Lipinski definition) is 1. The first-order chi connectivity index (χ1) is 11.6. The SMILES string of the molecule is FC(F)(F)c1cc(-c2ccc3nccc(Cl)c3c2)cc(C(F)(F)F)c1. The van der Waals surface area contributed by atoms with Gasteiger partial charge in [0.15, 0.2) is 0 Å². The fraction of sp³-hybridized carbons (Fsp3) is 0.118. The summed E-state index contributed by atoms with van der Waals surface area (Å²) in [6.07, 6.45) is -8.34. The van der Waals surface area contributed by atoms with Crippen molar-refractivity contribution >= 4 is 22.5 Å². The summed E-state index contributed by atoms with van der Waals surface area (Å²) in [5, 5.41) is 0.738. The van der Waals surface area contributed by atoms with E-state index in [4.69, 9.17) is 11.6 Å². The summed E-state index contributed by atoms with van der Waals surface area (Å²) in [7, 11) is 0. The third-order valence-electron chi connectivity index (χ3n) is 3.61. The van der Waals surface area contributed by atoms with E-state index in [0.29, 0.717) is 28.1 Å². The van der Waals surface area contributed by atoms with Crippen LogP contribution in [0.15, 0.2) is 48.7 Å². The van der Waals surface area contributed by atoms with E-state index in [-0.39, 0.29) is 17.2 Å². The minimum Gasteiger partial charge on any atom is -0.256 e. The van der Waals surface area contributed by atoms with Crippen LogP contribution in [0.4, 0.5) is 26.3 Å². The van der Waals surface area contributed by atoms with Crippen LogP contribution >= 0.6 is 11.6 Å². The van der Waals surface area contributed by atoms with Crippen LogP contribution in [0.3, 0.4) is 0 Å². The number of aromatic nitrogens is 1. The van der Waals surface area contributed by atoms with Gasteiger partial charge in [0.05, 0.1) is 21.7 Å². The first-order valence-electron chi connectivity index (χ1n) is 6.90. The van der Waals surface area contributed by atoms with Crippen LogP contribution in [-0.4, -0.2) is 4.98 Å². The number of halogens is 7. The lowest BCUT2D eigenvalue weighted by Gasteiger charge is -2.14. The van der Waals surface area contributed by atoms with Gasteiger partial charge in [0, 0.05) is 11.6 Å². The maximum Gasteiger partial charge on any atom is 0.416 e. The molecular formula is C17H8ClF6N. The highest BCUT2D eigenvalue weighted by Crippen LogP contribution is 2.39. The Morgan fingerprint density at radius 2 is 1.32 bits per heavy atom. The van der Waals surface area contributed by atoms with Gasteiger partial charge in [-0.3, -0.25) is 4.98 Å². The first-order valence-corrected chi connectivity index (χ1v) is 7.27.